The van der Waals surface area contributed by atoms with Crippen LogP contribution in [0.4, 0.5) is 0 Å². The van der Waals surface area contributed by atoms with Gasteiger partial charge >= 0.3 is 0 Å². The van der Waals surface area contributed by atoms with Gasteiger partial charge in [0, 0.05) is 18.9 Å². The van der Waals surface area contributed by atoms with Gasteiger partial charge in [-0.1, -0.05) is 26.3 Å². The molecule has 1 aromatic heterocycles. The van der Waals surface area contributed by atoms with Crippen LogP contribution < -0.4 is 11.1 Å². The summed E-state index contributed by atoms with van der Waals surface area (Å²) in [6.45, 7) is 4.77. The molecule has 0 bridgehead atoms. The lowest BCUT2D eigenvalue weighted by Gasteiger charge is -2.01. The van der Waals surface area contributed by atoms with E-state index in [1.54, 1.807) is 12.4 Å². The van der Waals surface area contributed by atoms with E-state index < -0.39 is 0 Å². The Labute approximate surface area is 90.9 Å². The molecule has 0 aliphatic rings. The van der Waals surface area contributed by atoms with E-state index in [0.29, 0.717) is 6.54 Å². The first-order valence-electron chi connectivity index (χ1n) is 5.10. The van der Waals surface area contributed by atoms with Crippen molar-refractivity contribution in [2.24, 2.45) is 5.73 Å². The van der Waals surface area contributed by atoms with Crippen molar-refractivity contribution in [1.82, 2.24) is 10.3 Å². The van der Waals surface area contributed by atoms with Gasteiger partial charge in [-0.15, -0.1) is 0 Å². The number of aromatic nitrogens is 1. The fourth-order valence-electron chi connectivity index (χ4n) is 0.776. The molecule has 0 saturated heterocycles. The van der Waals surface area contributed by atoms with Crippen LogP contribution in [-0.2, 0) is 11.3 Å². The molecule has 1 heterocycles. The van der Waals surface area contributed by atoms with Crippen LogP contribution in [0.3, 0.4) is 0 Å². The molecule has 0 saturated carbocycles. The third-order valence-corrected chi connectivity index (χ3v) is 1.40. The van der Waals surface area contributed by atoms with Crippen molar-refractivity contribution in [3.05, 3.63) is 30.1 Å². The summed E-state index contributed by atoms with van der Waals surface area (Å²) in [6, 6.07) is 3.72. The van der Waals surface area contributed by atoms with Crippen LogP contribution in [0, 0.1) is 0 Å². The monoisotopic (exact) mass is 209 g/mol. The average molecular weight is 209 g/mol. The van der Waals surface area contributed by atoms with Crippen LogP contribution in [0.1, 0.15) is 25.8 Å². The Morgan fingerprint density at radius 2 is 2.20 bits per heavy atom. The molecule has 0 unspecified atom stereocenters. The highest BCUT2D eigenvalue weighted by molar-refractivity contribution is 5.77. The highest BCUT2D eigenvalue weighted by atomic mass is 16.1. The van der Waals surface area contributed by atoms with Crippen molar-refractivity contribution in [2.45, 2.75) is 26.8 Å². The minimum atomic E-state index is -0.154. The minimum Gasteiger partial charge on any atom is -0.351 e. The summed E-state index contributed by atoms with van der Waals surface area (Å²) >= 11 is 0. The Hall–Kier alpha value is -1.42. The SMILES string of the molecule is CCC.NCC(=O)NCc1cccnc1. The van der Waals surface area contributed by atoms with Crippen molar-refractivity contribution in [2.75, 3.05) is 6.54 Å². The molecule has 0 aliphatic heterocycles. The second-order valence-corrected chi connectivity index (χ2v) is 3.05. The molecule has 0 radical (unpaired) electrons. The van der Waals surface area contributed by atoms with Crippen molar-refractivity contribution in [3.63, 3.8) is 0 Å². The van der Waals surface area contributed by atoms with Gasteiger partial charge in [0.05, 0.1) is 6.54 Å². The number of nitrogens with zero attached hydrogens (tertiary/aromatic N) is 1. The summed E-state index contributed by atoms with van der Waals surface area (Å²) in [4.78, 5) is 14.6. The number of rotatable bonds is 3. The maximum Gasteiger partial charge on any atom is 0.234 e. The van der Waals surface area contributed by atoms with E-state index in [4.69, 9.17) is 5.73 Å². The Balaban J connectivity index is 0.000000583. The topological polar surface area (TPSA) is 68.0 Å². The Morgan fingerprint density at radius 1 is 1.53 bits per heavy atom. The van der Waals surface area contributed by atoms with E-state index in [1.165, 1.54) is 6.42 Å². The van der Waals surface area contributed by atoms with E-state index >= 15 is 0 Å². The highest BCUT2D eigenvalue weighted by Crippen LogP contribution is 1.93. The molecule has 3 N–H and O–H groups in total. The first-order chi connectivity index (χ1) is 7.24. The quantitative estimate of drug-likeness (QED) is 0.782. The zero-order valence-electron chi connectivity index (χ0n) is 9.36. The predicted molar refractivity (Wildman–Crippen MR) is 61.1 cm³/mol. The molecule has 4 nitrogen and oxygen atoms in total. The van der Waals surface area contributed by atoms with Crippen LogP contribution in [0.15, 0.2) is 24.5 Å². The molecule has 0 atom stereocenters. The molecule has 15 heavy (non-hydrogen) atoms. The number of hydrogen-bond donors (Lipinski definition) is 2. The molecule has 0 spiro atoms. The Morgan fingerprint density at radius 3 is 2.67 bits per heavy atom. The lowest BCUT2D eigenvalue weighted by Crippen LogP contribution is -2.29. The fraction of sp³-hybridized carbons (Fsp3) is 0.455. The predicted octanol–water partition coefficient (Wildman–Crippen LogP) is 1.07. The van der Waals surface area contributed by atoms with Gasteiger partial charge in [0.15, 0.2) is 0 Å². The van der Waals surface area contributed by atoms with Gasteiger partial charge in [-0.3, -0.25) is 9.78 Å². The number of hydrogen-bond acceptors (Lipinski definition) is 3. The molecule has 0 aliphatic carbocycles. The van der Waals surface area contributed by atoms with Crippen LogP contribution in [0.5, 0.6) is 0 Å². The average Bonchev–Trinajstić information content (AvgIpc) is 2.28. The van der Waals surface area contributed by atoms with Gasteiger partial charge in [-0.2, -0.15) is 0 Å². The van der Waals surface area contributed by atoms with Gasteiger partial charge in [0.2, 0.25) is 5.91 Å². The smallest absolute Gasteiger partial charge is 0.234 e. The zero-order chi connectivity index (χ0) is 11.5. The summed E-state index contributed by atoms with van der Waals surface area (Å²) in [5.41, 5.74) is 6.08. The second kappa shape index (κ2) is 9.15. The summed E-state index contributed by atoms with van der Waals surface area (Å²) in [6.07, 6.45) is 4.64. The molecular formula is C11H19N3O. The van der Waals surface area contributed by atoms with E-state index in [9.17, 15) is 4.79 Å². The first kappa shape index (κ1) is 13.6. The number of amides is 1. The maximum atomic E-state index is 10.7. The Kier molecular flexibility index (Phi) is 8.28. The minimum absolute atomic E-state index is 0.0280. The normalized spacial score (nSPS) is 8.73. The van der Waals surface area contributed by atoms with Crippen molar-refractivity contribution < 1.29 is 4.79 Å². The number of nitrogens with two attached hydrogens (primary N) is 1. The zero-order valence-corrected chi connectivity index (χ0v) is 9.36. The molecular weight excluding hydrogens is 190 g/mol. The van der Waals surface area contributed by atoms with Gasteiger partial charge in [0.25, 0.3) is 0 Å². The fourth-order valence-corrected chi connectivity index (χ4v) is 0.776. The van der Waals surface area contributed by atoms with E-state index in [0.717, 1.165) is 5.56 Å². The molecule has 1 rings (SSSR count). The number of carbonyl (C=O) groups is 1. The van der Waals surface area contributed by atoms with E-state index in [-0.39, 0.29) is 12.5 Å². The standard InChI is InChI=1S/C8H11N3O.C3H8/c9-4-8(12)11-6-7-2-1-3-10-5-7;1-3-2/h1-3,5H,4,6,9H2,(H,11,12);3H2,1-2H3. The van der Waals surface area contributed by atoms with Crippen molar-refractivity contribution in [3.8, 4) is 0 Å². The third kappa shape index (κ3) is 7.64. The summed E-state index contributed by atoms with van der Waals surface area (Å²) in [5, 5.41) is 2.64. The van der Waals surface area contributed by atoms with Gasteiger partial charge < -0.3 is 11.1 Å². The molecule has 0 fully saturated rings. The van der Waals surface area contributed by atoms with Crippen LogP contribution in [-0.4, -0.2) is 17.4 Å². The lowest BCUT2D eigenvalue weighted by molar-refractivity contribution is -0.119. The van der Waals surface area contributed by atoms with Crippen molar-refractivity contribution in [1.29, 1.82) is 0 Å². The first-order valence-corrected chi connectivity index (χ1v) is 5.10. The summed E-state index contributed by atoms with van der Waals surface area (Å²) in [7, 11) is 0. The van der Waals surface area contributed by atoms with Crippen molar-refractivity contribution >= 4 is 5.91 Å². The molecule has 84 valence electrons. The molecule has 1 amide bonds. The van der Waals surface area contributed by atoms with E-state index in [1.807, 2.05) is 12.1 Å². The lowest BCUT2D eigenvalue weighted by atomic mass is 10.3. The largest absolute Gasteiger partial charge is 0.351 e. The summed E-state index contributed by atoms with van der Waals surface area (Å²) < 4.78 is 0. The molecule has 0 aromatic carbocycles. The van der Waals surface area contributed by atoms with Crippen LogP contribution in [0.2, 0.25) is 0 Å². The van der Waals surface area contributed by atoms with E-state index in [2.05, 4.69) is 24.1 Å². The number of pyridine rings is 1. The van der Waals surface area contributed by atoms with Gasteiger partial charge in [-0.25, -0.2) is 0 Å². The van der Waals surface area contributed by atoms with Crippen LogP contribution >= 0.6 is 0 Å². The number of carbonyl (C=O) groups excluding carboxylic acids is 1. The van der Waals surface area contributed by atoms with Gasteiger partial charge in [-0.05, 0) is 11.6 Å². The highest BCUT2D eigenvalue weighted by Gasteiger charge is 1.96. The molecule has 1 aromatic rings. The Bertz CT molecular complexity index is 262. The number of nitrogens with one attached hydrogen (secondary N) is 1. The second-order valence-electron chi connectivity index (χ2n) is 3.05. The third-order valence-electron chi connectivity index (χ3n) is 1.40. The molecule has 4 heteroatoms. The summed E-state index contributed by atoms with van der Waals surface area (Å²) in [5.74, 6) is -0.154. The van der Waals surface area contributed by atoms with Gasteiger partial charge in [0.1, 0.15) is 0 Å². The van der Waals surface area contributed by atoms with Crippen LogP contribution in [0.25, 0.3) is 0 Å². The maximum absolute atomic E-state index is 10.7.